The van der Waals surface area contributed by atoms with Crippen LogP contribution < -0.4 is 0 Å². The lowest BCUT2D eigenvalue weighted by Crippen LogP contribution is -2.13. The first kappa shape index (κ1) is 13.6. The minimum atomic E-state index is -0.299. The van der Waals surface area contributed by atoms with E-state index in [2.05, 4.69) is 16.0 Å². The average molecular weight is 252 g/mol. The molecule has 1 heterocycles. The Morgan fingerprint density at radius 1 is 1.50 bits per heavy atom. The van der Waals surface area contributed by atoms with Gasteiger partial charge in [0.25, 0.3) is 0 Å². The summed E-state index contributed by atoms with van der Waals surface area (Å²) < 4.78 is 7.07. The van der Waals surface area contributed by atoms with Crippen molar-refractivity contribution in [1.82, 2.24) is 9.78 Å². The van der Waals surface area contributed by atoms with Gasteiger partial charge in [0.05, 0.1) is 17.8 Å². The number of hydrogen-bond donors (Lipinski definition) is 1. The summed E-state index contributed by atoms with van der Waals surface area (Å²) in [6.07, 6.45) is 9.24. The average Bonchev–Trinajstić information content (AvgIpc) is 2.98. The summed E-state index contributed by atoms with van der Waals surface area (Å²) in [5, 5.41) is 14.5. The predicted octanol–water partition coefficient (Wildman–Crippen LogP) is 2.33. The SMILES string of the molecule is COCCCC(O)Cc1ccn(C2CCCC2)n1. The third-order valence-corrected chi connectivity index (χ3v) is 3.69. The van der Waals surface area contributed by atoms with Crippen LogP contribution in [0.4, 0.5) is 0 Å². The van der Waals surface area contributed by atoms with Crippen LogP contribution in [0.3, 0.4) is 0 Å². The van der Waals surface area contributed by atoms with E-state index in [1.807, 2.05) is 6.07 Å². The van der Waals surface area contributed by atoms with E-state index in [1.165, 1.54) is 25.7 Å². The molecule has 18 heavy (non-hydrogen) atoms. The molecule has 0 aliphatic heterocycles. The summed E-state index contributed by atoms with van der Waals surface area (Å²) in [7, 11) is 1.69. The highest BCUT2D eigenvalue weighted by atomic mass is 16.5. The molecular weight excluding hydrogens is 228 g/mol. The number of aliphatic hydroxyl groups excluding tert-OH is 1. The fraction of sp³-hybridized carbons (Fsp3) is 0.786. The van der Waals surface area contributed by atoms with Crippen LogP contribution in [0, 0.1) is 0 Å². The Morgan fingerprint density at radius 2 is 2.28 bits per heavy atom. The molecule has 1 N–H and O–H groups in total. The van der Waals surface area contributed by atoms with Gasteiger partial charge in [-0.05, 0) is 31.7 Å². The van der Waals surface area contributed by atoms with E-state index in [0.29, 0.717) is 19.1 Å². The van der Waals surface area contributed by atoms with Crippen LogP contribution in [0.5, 0.6) is 0 Å². The summed E-state index contributed by atoms with van der Waals surface area (Å²) in [6.45, 7) is 0.716. The van der Waals surface area contributed by atoms with Crippen LogP contribution in [0.1, 0.15) is 50.3 Å². The zero-order valence-corrected chi connectivity index (χ0v) is 11.2. The second kappa shape index (κ2) is 6.90. The molecule has 1 aliphatic rings. The predicted molar refractivity (Wildman–Crippen MR) is 70.6 cm³/mol. The molecule has 1 aromatic heterocycles. The Bertz CT molecular complexity index is 345. The van der Waals surface area contributed by atoms with Crippen LogP contribution >= 0.6 is 0 Å². The molecule has 4 nitrogen and oxygen atoms in total. The molecule has 4 heteroatoms. The van der Waals surface area contributed by atoms with E-state index in [-0.39, 0.29) is 6.10 Å². The molecule has 1 aliphatic carbocycles. The van der Waals surface area contributed by atoms with Crippen LogP contribution in [0.15, 0.2) is 12.3 Å². The summed E-state index contributed by atoms with van der Waals surface area (Å²) >= 11 is 0. The van der Waals surface area contributed by atoms with E-state index in [9.17, 15) is 5.11 Å². The Morgan fingerprint density at radius 3 is 3.00 bits per heavy atom. The zero-order chi connectivity index (χ0) is 12.8. The molecule has 102 valence electrons. The Kier molecular flexibility index (Phi) is 5.20. The molecule has 0 spiro atoms. The van der Waals surface area contributed by atoms with E-state index < -0.39 is 0 Å². The Labute approximate surface area is 109 Å². The third-order valence-electron chi connectivity index (χ3n) is 3.69. The van der Waals surface area contributed by atoms with Gasteiger partial charge in [0.15, 0.2) is 0 Å². The van der Waals surface area contributed by atoms with Gasteiger partial charge in [0.2, 0.25) is 0 Å². The lowest BCUT2D eigenvalue weighted by atomic mass is 10.1. The van der Waals surface area contributed by atoms with Crippen molar-refractivity contribution < 1.29 is 9.84 Å². The lowest BCUT2D eigenvalue weighted by molar-refractivity contribution is 0.134. The maximum Gasteiger partial charge on any atom is 0.0650 e. The first-order valence-corrected chi connectivity index (χ1v) is 7.00. The number of aliphatic hydroxyl groups is 1. The second-order valence-electron chi connectivity index (χ2n) is 5.22. The van der Waals surface area contributed by atoms with E-state index in [0.717, 1.165) is 18.5 Å². The Hall–Kier alpha value is -0.870. The highest BCUT2D eigenvalue weighted by molar-refractivity contribution is 5.01. The molecule has 0 radical (unpaired) electrons. The highest BCUT2D eigenvalue weighted by Gasteiger charge is 2.18. The van der Waals surface area contributed by atoms with Gasteiger partial charge in [-0.15, -0.1) is 0 Å². The van der Waals surface area contributed by atoms with Crippen molar-refractivity contribution in [3.63, 3.8) is 0 Å². The molecule has 1 unspecified atom stereocenters. The third kappa shape index (κ3) is 3.82. The molecule has 1 atom stereocenters. The van der Waals surface area contributed by atoms with Crippen molar-refractivity contribution in [2.24, 2.45) is 0 Å². The van der Waals surface area contributed by atoms with Gasteiger partial charge in [0.1, 0.15) is 0 Å². The smallest absolute Gasteiger partial charge is 0.0650 e. The highest BCUT2D eigenvalue weighted by Crippen LogP contribution is 2.28. The molecule has 0 aromatic carbocycles. The van der Waals surface area contributed by atoms with Gasteiger partial charge in [-0.2, -0.15) is 5.10 Å². The van der Waals surface area contributed by atoms with Gasteiger partial charge in [0, 0.05) is 26.3 Å². The van der Waals surface area contributed by atoms with E-state index in [1.54, 1.807) is 7.11 Å². The monoisotopic (exact) mass is 252 g/mol. The van der Waals surface area contributed by atoms with Crippen molar-refractivity contribution in [3.05, 3.63) is 18.0 Å². The molecule has 1 aromatic rings. The standard InChI is InChI=1S/C14H24N2O2/c1-18-10-4-7-14(17)11-12-8-9-16(15-12)13-5-2-3-6-13/h8-9,13-14,17H,2-7,10-11H2,1H3. The molecule has 0 amide bonds. The second-order valence-corrected chi connectivity index (χ2v) is 5.22. The molecule has 1 fully saturated rings. The number of aromatic nitrogens is 2. The largest absolute Gasteiger partial charge is 0.393 e. The first-order valence-electron chi connectivity index (χ1n) is 7.00. The summed E-state index contributed by atoms with van der Waals surface area (Å²) in [6, 6.07) is 2.63. The van der Waals surface area contributed by atoms with Gasteiger partial charge in [-0.25, -0.2) is 0 Å². The number of methoxy groups -OCH3 is 1. The molecular formula is C14H24N2O2. The zero-order valence-electron chi connectivity index (χ0n) is 11.2. The van der Waals surface area contributed by atoms with E-state index >= 15 is 0 Å². The molecule has 0 bridgehead atoms. The molecule has 1 saturated carbocycles. The Balaban J connectivity index is 1.78. The summed E-state index contributed by atoms with van der Waals surface area (Å²) in [5.41, 5.74) is 1.01. The van der Waals surface area contributed by atoms with E-state index in [4.69, 9.17) is 4.74 Å². The lowest BCUT2D eigenvalue weighted by Gasteiger charge is -2.10. The fourth-order valence-corrected chi connectivity index (χ4v) is 2.67. The summed E-state index contributed by atoms with van der Waals surface area (Å²) in [4.78, 5) is 0. The van der Waals surface area contributed by atoms with Crippen LogP contribution in [-0.4, -0.2) is 34.7 Å². The minimum absolute atomic E-state index is 0.299. The minimum Gasteiger partial charge on any atom is -0.393 e. The van der Waals surface area contributed by atoms with Crippen LogP contribution in [0.25, 0.3) is 0 Å². The normalized spacial score (nSPS) is 18.3. The quantitative estimate of drug-likeness (QED) is 0.758. The van der Waals surface area contributed by atoms with Gasteiger partial charge in [-0.3, -0.25) is 4.68 Å². The molecule has 2 rings (SSSR count). The number of ether oxygens (including phenoxy) is 1. The van der Waals surface area contributed by atoms with Crippen LogP contribution in [0.2, 0.25) is 0 Å². The van der Waals surface area contributed by atoms with Crippen LogP contribution in [-0.2, 0) is 11.2 Å². The summed E-state index contributed by atoms with van der Waals surface area (Å²) in [5.74, 6) is 0. The first-order chi connectivity index (χ1) is 8.79. The number of hydrogen-bond acceptors (Lipinski definition) is 3. The van der Waals surface area contributed by atoms with Gasteiger partial charge < -0.3 is 9.84 Å². The van der Waals surface area contributed by atoms with Crippen molar-refractivity contribution in [2.45, 2.75) is 57.1 Å². The number of rotatable bonds is 7. The van der Waals surface area contributed by atoms with Gasteiger partial charge >= 0.3 is 0 Å². The molecule has 0 saturated heterocycles. The number of nitrogens with zero attached hydrogens (tertiary/aromatic N) is 2. The fourth-order valence-electron chi connectivity index (χ4n) is 2.67. The van der Waals surface area contributed by atoms with Crippen molar-refractivity contribution >= 4 is 0 Å². The van der Waals surface area contributed by atoms with Crippen molar-refractivity contribution in [2.75, 3.05) is 13.7 Å². The van der Waals surface area contributed by atoms with Crippen molar-refractivity contribution in [3.8, 4) is 0 Å². The maximum absolute atomic E-state index is 9.90. The maximum atomic E-state index is 9.90. The van der Waals surface area contributed by atoms with Crippen molar-refractivity contribution in [1.29, 1.82) is 0 Å². The van der Waals surface area contributed by atoms with Gasteiger partial charge in [-0.1, -0.05) is 12.8 Å². The topological polar surface area (TPSA) is 47.3 Å².